The third kappa shape index (κ3) is 5.33. The summed E-state index contributed by atoms with van der Waals surface area (Å²) in [4.78, 5) is 32.7. The number of likely N-dealkylation sites (tertiary alicyclic amines) is 1. The Bertz CT molecular complexity index is 926. The Morgan fingerprint density at radius 2 is 1.97 bits per heavy atom. The number of aryl methyl sites for hydroxylation is 1. The van der Waals surface area contributed by atoms with Crippen LogP contribution in [0.15, 0.2) is 12.1 Å². The highest BCUT2D eigenvalue weighted by Gasteiger charge is 2.24. The molecule has 0 radical (unpaired) electrons. The molecule has 4 N–H and O–H groups in total. The number of aromatic amines is 1. The van der Waals surface area contributed by atoms with E-state index < -0.39 is 5.91 Å². The van der Waals surface area contributed by atoms with Gasteiger partial charge < -0.3 is 20.8 Å². The number of hydrogen-bond acceptors (Lipinski definition) is 5. The van der Waals surface area contributed by atoms with Crippen LogP contribution < -0.4 is 15.8 Å². The second-order valence-corrected chi connectivity index (χ2v) is 7.92. The maximum absolute atomic E-state index is 12.4. The van der Waals surface area contributed by atoms with Gasteiger partial charge >= 0.3 is 0 Å². The van der Waals surface area contributed by atoms with Gasteiger partial charge in [-0.05, 0) is 25.8 Å². The number of nitrogens with one attached hydrogen (secondary N) is 2. The van der Waals surface area contributed by atoms with Crippen LogP contribution in [-0.2, 0) is 0 Å². The number of carbonyl (C=O) groups excluding carboxylic acids is 2. The van der Waals surface area contributed by atoms with Gasteiger partial charge in [-0.1, -0.05) is 34.8 Å². The molecule has 1 aliphatic rings. The van der Waals surface area contributed by atoms with E-state index in [0.717, 1.165) is 12.8 Å². The van der Waals surface area contributed by atoms with Gasteiger partial charge in [0.2, 0.25) is 11.8 Å². The SMILES string of the molecule is Cc1[nH]c(C(=O)NC2CCN(COc3cc(C(N)=O)cc(Cl)n3)CC2)c(Cl)c1Cl. The van der Waals surface area contributed by atoms with Crippen LogP contribution in [0.2, 0.25) is 15.2 Å². The van der Waals surface area contributed by atoms with Gasteiger partial charge in [0.15, 0.2) is 0 Å². The topological polar surface area (TPSA) is 113 Å². The molecule has 1 saturated heterocycles. The molecular formula is C18H20Cl3N5O3. The molecule has 1 fully saturated rings. The number of rotatable bonds is 6. The first-order chi connectivity index (χ1) is 13.7. The van der Waals surface area contributed by atoms with E-state index >= 15 is 0 Å². The van der Waals surface area contributed by atoms with Crippen molar-refractivity contribution < 1.29 is 14.3 Å². The van der Waals surface area contributed by atoms with Crippen LogP contribution in [0, 0.1) is 6.92 Å². The number of amides is 2. The Morgan fingerprint density at radius 1 is 1.28 bits per heavy atom. The van der Waals surface area contributed by atoms with Crippen LogP contribution in [0.5, 0.6) is 5.88 Å². The molecular weight excluding hydrogens is 441 g/mol. The number of ether oxygens (including phenoxy) is 1. The summed E-state index contributed by atoms with van der Waals surface area (Å²) in [7, 11) is 0. The summed E-state index contributed by atoms with van der Waals surface area (Å²) in [5, 5.41) is 3.70. The number of H-pyrrole nitrogens is 1. The Hall–Kier alpha value is -2.00. The smallest absolute Gasteiger partial charge is 0.269 e. The van der Waals surface area contributed by atoms with Gasteiger partial charge in [-0.3, -0.25) is 14.5 Å². The molecule has 0 spiro atoms. The number of piperidine rings is 1. The van der Waals surface area contributed by atoms with Crippen LogP contribution in [0.25, 0.3) is 0 Å². The third-order valence-electron chi connectivity index (χ3n) is 4.65. The minimum atomic E-state index is -0.602. The molecule has 0 atom stereocenters. The molecule has 2 aromatic rings. The van der Waals surface area contributed by atoms with Crippen molar-refractivity contribution in [2.45, 2.75) is 25.8 Å². The predicted octanol–water partition coefficient (Wildman–Crippen LogP) is 3.01. The zero-order valence-corrected chi connectivity index (χ0v) is 17.9. The Morgan fingerprint density at radius 3 is 2.55 bits per heavy atom. The molecule has 2 aromatic heterocycles. The average molecular weight is 461 g/mol. The average Bonchev–Trinajstić information content (AvgIpc) is 2.94. The summed E-state index contributed by atoms with van der Waals surface area (Å²) in [6, 6.07) is 2.85. The molecule has 0 aliphatic carbocycles. The molecule has 29 heavy (non-hydrogen) atoms. The molecule has 0 saturated carbocycles. The summed E-state index contributed by atoms with van der Waals surface area (Å²) in [5.41, 5.74) is 6.43. The van der Waals surface area contributed by atoms with Gasteiger partial charge in [0.25, 0.3) is 5.91 Å². The van der Waals surface area contributed by atoms with Gasteiger partial charge in [0.1, 0.15) is 17.6 Å². The Kier molecular flexibility index (Phi) is 6.89. The molecule has 2 amide bonds. The minimum absolute atomic E-state index is 0.0166. The first kappa shape index (κ1) is 21.7. The summed E-state index contributed by atoms with van der Waals surface area (Å²) in [5.74, 6) is -0.647. The molecule has 8 nitrogen and oxygen atoms in total. The fourth-order valence-electron chi connectivity index (χ4n) is 3.04. The number of carbonyl (C=O) groups is 2. The van der Waals surface area contributed by atoms with E-state index in [9.17, 15) is 9.59 Å². The van der Waals surface area contributed by atoms with Crippen molar-refractivity contribution in [1.82, 2.24) is 20.2 Å². The van der Waals surface area contributed by atoms with Crippen molar-refractivity contribution >= 4 is 46.6 Å². The van der Waals surface area contributed by atoms with Crippen molar-refractivity contribution in [2.24, 2.45) is 5.73 Å². The van der Waals surface area contributed by atoms with Gasteiger partial charge in [-0.2, -0.15) is 0 Å². The zero-order chi connectivity index (χ0) is 21.1. The van der Waals surface area contributed by atoms with E-state index in [1.54, 1.807) is 6.92 Å². The van der Waals surface area contributed by atoms with E-state index in [4.69, 9.17) is 45.3 Å². The number of hydrogen-bond donors (Lipinski definition) is 3. The Balaban J connectivity index is 1.49. The number of nitrogens with zero attached hydrogens (tertiary/aromatic N) is 2. The van der Waals surface area contributed by atoms with Crippen LogP contribution in [-0.4, -0.2) is 52.5 Å². The van der Waals surface area contributed by atoms with Gasteiger partial charge in [0, 0.05) is 36.5 Å². The van der Waals surface area contributed by atoms with E-state index in [-0.39, 0.29) is 46.0 Å². The van der Waals surface area contributed by atoms with Crippen molar-refractivity contribution in [3.8, 4) is 5.88 Å². The van der Waals surface area contributed by atoms with Crippen LogP contribution >= 0.6 is 34.8 Å². The van der Waals surface area contributed by atoms with Crippen molar-refractivity contribution in [3.63, 3.8) is 0 Å². The molecule has 0 aromatic carbocycles. The largest absolute Gasteiger partial charge is 0.461 e. The molecule has 156 valence electrons. The van der Waals surface area contributed by atoms with Crippen molar-refractivity contribution in [1.29, 1.82) is 0 Å². The summed E-state index contributed by atoms with van der Waals surface area (Å²) in [6.07, 6.45) is 1.49. The molecule has 3 rings (SSSR count). The van der Waals surface area contributed by atoms with Gasteiger partial charge in [0.05, 0.1) is 10.0 Å². The third-order valence-corrected chi connectivity index (χ3v) is 5.79. The molecule has 11 heteroatoms. The van der Waals surface area contributed by atoms with Gasteiger partial charge in [-0.25, -0.2) is 4.98 Å². The highest BCUT2D eigenvalue weighted by molar-refractivity contribution is 6.44. The van der Waals surface area contributed by atoms with Crippen molar-refractivity contribution in [3.05, 3.63) is 44.3 Å². The molecule has 3 heterocycles. The lowest BCUT2D eigenvalue weighted by molar-refractivity contribution is 0.0802. The first-order valence-electron chi connectivity index (χ1n) is 8.91. The van der Waals surface area contributed by atoms with E-state index in [0.29, 0.717) is 23.8 Å². The summed E-state index contributed by atoms with van der Waals surface area (Å²) in [6.45, 7) is 3.47. The van der Waals surface area contributed by atoms with Crippen molar-refractivity contribution in [2.75, 3.05) is 19.8 Å². The predicted molar refractivity (Wildman–Crippen MR) is 111 cm³/mol. The second-order valence-electron chi connectivity index (χ2n) is 6.77. The second kappa shape index (κ2) is 9.21. The number of pyridine rings is 1. The molecule has 0 bridgehead atoms. The lowest BCUT2D eigenvalue weighted by atomic mass is 10.1. The van der Waals surface area contributed by atoms with Gasteiger partial charge in [-0.15, -0.1) is 0 Å². The quantitative estimate of drug-likeness (QED) is 0.574. The summed E-state index contributed by atoms with van der Waals surface area (Å²) >= 11 is 18.0. The fourth-order valence-corrected chi connectivity index (χ4v) is 3.66. The maximum atomic E-state index is 12.4. The standard InChI is InChI=1S/C18H20Cl3N5O3/c1-9-14(20)15(21)16(23-9)18(28)24-11-2-4-26(5-3-11)8-29-13-7-10(17(22)27)6-12(19)25-13/h6-7,11,23H,2-5,8H2,1H3,(H2,22,27)(H,24,28). The first-order valence-corrected chi connectivity index (χ1v) is 10.0. The molecule has 1 aliphatic heterocycles. The number of nitrogens with two attached hydrogens (primary N) is 1. The fraction of sp³-hybridized carbons (Fsp3) is 0.389. The summed E-state index contributed by atoms with van der Waals surface area (Å²) < 4.78 is 5.63. The Labute approximate surface area is 182 Å². The minimum Gasteiger partial charge on any atom is -0.461 e. The zero-order valence-electron chi connectivity index (χ0n) is 15.6. The van der Waals surface area contributed by atoms with E-state index in [1.165, 1.54) is 12.1 Å². The molecule has 0 unspecified atom stereocenters. The van der Waals surface area contributed by atoms with Crippen LogP contribution in [0.4, 0.5) is 0 Å². The lowest BCUT2D eigenvalue weighted by Gasteiger charge is -2.31. The monoisotopic (exact) mass is 459 g/mol. The number of aromatic nitrogens is 2. The number of primary amides is 1. The number of halogens is 3. The normalized spacial score (nSPS) is 15.3. The van der Waals surface area contributed by atoms with Crippen LogP contribution in [0.1, 0.15) is 39.4 Å². The van der Waals surface area contributed by atoms with E-state index in [2.05, 4.69) is 20.2 Å². The van der Waals surface area contributed by atoms with Crippen LogP contribution in [0.3, 0.4) is 0 Å². The lowest BCUT2D eigenvalue weighted by Crippen LogP contribution is -2.45. The highest BCUT2D eigenvalue weighted by atomic mass is 35.5. The van der Waals surface area contributed by atoms with E-state index in [1.807, 2.05) is 0 Å². The maximum Gasteiger partial charge on any atom is 0.269 e. The highest BCUT2D eigenvalue weighted by Crippen LogP contribution is 2.29.